The van der Waals surface area contributed by atoms with Crippen molar-refractivity contribution in [1.82, 2.24) is 20.0 Å². The lowest BCUT2D eigenvalue weighted by molar-refractivity contribution is -0.139. The third kappa shape index (κ3) is 5.17. The van der Waals surface area contributed by atoms with Crippen molar-refractivity contribution in [2.75, 3.05) is 39.8 Å². The van der Waals surface area contributed by atoms with Crippen LogP contribution in [-0.2, 0) is 9.59 Å². The quantitative estimate of drug-likeness (QED) is 0.778. The van der Waals surface area contributed by atoms with Crippen LogP contribution in [0.15, 0.2) is 0 Å². The Morgan fingerprint density at radius 3 is 2.28 bits per heavy atom. The van der Waals surface area contributed by atoms with E-state index in [1.54, 1.807) is 0 Å². The summed E-state index contributed by atoms with van der Waals surface area (Å²) in [5, 5.41) is 3.05. The summed E-state index contributed by atoms with van der Waals surface area (Å²) in [7, 11) is 1.98. The molecular weight excluding hydrogens is 316 g/mol. The fourth-order valence-corrected chi connectivity index (χ4v) is 4.11. The molecule has 142 valence electrons. The molecule has 6 heteroatoms. The van der Waals surface area contributed by atoms with Crippen molar-refractivity contribution in [3.8, 4) is 0 Å². The van der Waals surface area contributed by atoms with Gasteiger partial charge in [0.25, 0.3) is 0 Å². The first kappa shape index (κ1) is 18.6. The molecule has 2 aliphatic carbocycles. The average Bonchev–Trinajstić information content (AvgIpc) is 3.45. The van der Waals surface area contributed by atoms with Gasteiger partial charge in [-0.1, -0.05) is 19.3 Å². The molecule has 6 nitrogen and oxygen atoms in total. The smallest absolute Gasteiger partial charge is 0.239 e. The zero-order chi connectivity index (χ0) is 17.8. The van der Waals surface area contributed by atoms with E-state index in [-0.39, 0.29) is 17.9 Å². The van der Waals surface area contributed by atoms with Crippen LogP contribution in [-0.4, -0.2) is 84.4 Å². The molecule has 0 bridgehead atoms. The minimum absolute atomic E-state index is 0.0608. The van der Waals surface area contributed by atoms with E-state index in [2.05, 4.69) is 15.1 Å². The molecular formula is C19H34N4O2. The number of hydrogen-bond acceptors (Lipinski definition) is 4. The molecule has 3 rings (SSSR count). The Balaban J connectivity index is 1.41. The van der Waals surface area contributed by atoms with Crippen molar-refractivity contribution in [2.45, 2.75) is 70.0 Å². The Morgan fingerprint density at radius 1 is 1.04 bits per heavy atom. The normalized spacial score (nSPS) is 24.7. The number of amides is 2. The zero-order valence-corrected chi connectivity index (χ0v) is 15.9. The second-order valence-electron chi connectivity index (χ2n) is 8.07. The standard InChI is InChI=1S/C19H34N4O2/c1-15(19(25)21(2)17-6-4-3-5-7-17)23-12-10-22(11-13-23)14-18(24)20-16-8-9-16/h15-17H,3-14H2,1-2H3,(H,20,24). The first-order valence-corrected chi connectivity index (χ1v) is 10.1. The maximum absolute atomic E-state index is 12.8. The van der Waals surface area contributed by atoms with Gasteiger partial charge in [0.2, 0.25) is 11.8 Å². The predicted octanol–water partition coefficient (Wildman–Crippen LogP) is 1.06. The summed E-state index contributed by atoms with van der Waals surface area (Å²) in [6, 6.07) is 0.798. The number of hydrogen-bond donors (Lipinski definition) is 1. The molecule has 1 heterocycles. The largest absolute Gasteiger partial charge is 0.352 e. The number of rotatable bonds is 6. The molecule has 2 saturated carbocycles. The minimum atomic E-state index is -0.0608. The summed E-state index contributed by atoms with van der Waals surface area (Å²) in [5.41, 5.74) is 0. The van der Waals surface area contributed by atoms with Crippen LogP contribution in [0.25, 0.3) is 0 Å². The molecule has 3 fully saturated rings. The predicted molar refractivity (Wildman–Crippen MR) is 98.3 cm³/mol. The molecule has 1 N–H and O–H groups in total. The van der Waals surface area contributed by atoms with Gasteiger partial charge < -0.3 is 10.2 Å². The molecule has 0 aromatic heterocycles. The van der Waals surface area contributed by atoms with Gasteiger partial charge in [0.05, 0.1) is 12.6 Å². The highest BCUT2D eigenvalue weighted by molar-refractivity contribution is 5.81. The molecule has 1 aliphatic heterocycles. The molecule has 2 amide bonds. The fourth-order valence-electron chi connectivity index (χ4n) is 4.11. The molecule has 0 radical (unpaired) electrons. The highest BCUT2D eigenvalue weighted by Gasteiger charge is 2.31. The number of carbonyl (C=O) groups excluding carboxylic acids is 2. The lowest BCUT2D eigenvalue weighted by Crippen LogP contribution is -2.56. The van der Waals surface area contributed by atoms with E-state index < -0.39 is 0 Å². The number of carbonyl (C=O) groups is 2. The third-order valence-corrected chi connectivity index (χ3v) is 6.09. The van der Waals surface area contributed by atoms with Crippen LogP contribution in [0.2, 0.25) is 0 Å². The van der Waals surface area contributed by atoms with E-state index in [4.69, 9.17) is 0 Å². The average molecular weight is 351 g/mol. The Hall–Kier alpha value is -1.14. The van der Waals surface area contributed by atoms with Crippen molar-refractivity contribution in [2.24, 2.45) is 0 Å². The Labute approximate surface area is 151 Å². The Morgan fingerprint density at radius 2 is 1.68 bits per heavy atom. The van der Waals surface area contributed by atoms with Gasteiger partial charge in [-0.25, -0.2) is 0 Å². The molecule has 0 aromatic carbocycles. The molecule has 0 aromatic rings. The first-order valence-electron chi connectivity index (χ1n) is 10.1. The van der Waals surface area contributed by atoms with Crippen LogP contribution in [0.3, 0.4) is 0 Å². The SMILES string of the molecule is CC(C(=O)N(C)C1CCCCC1)N1CCN(CC(=O)NC2CC2)CC1. The summed E-state index contributed by atoms with van der Waals surface area (Å²) < 4.78 is 0. The van der Waals surface area contributed by atoms with E-state index >= 15 is 0 Å². The van der Waals surface area contributed by atoms with Crippen LogP contribution < -0.4 is 5.32 Å². The van der Waals surface area contributed by atoms with E-state index in [0.717, 1.165) is 51.9 Å². The summed E-state index contributed by atoms with van der Waals surface area (Å²) in [6.07, 6.45) is 8.37. The van der Waals surface area contributed by atoms with Crippen molar-refractivity contribution in [3.63, 3.8) is 0 Å². The second-order valence-corrected chi connectivity index (χ2v) is 8.07. The van der Waals surface area contributed by atoms with Gasteiger partial charge in [-0.2, -0.15) is 0 Å². The maximum Gasteiger partial charge on any atom is 0.239 e. The summed E-state index contributed by atoms with van der Waals surface area (Å²) in [4.78, 5) is 31.2. The van der Waals surface area contributed by atoms with E-state index in [0.29, 0.717) is 18.6 Å². The van der Waals surface area contributed by atoms with Crippen LogP contribution >= 0.6 is 0 Å². The zero-order valence-electron chi connectivity index (χ0n) is 15.9. The van der Waals surface area contributed by atoms with Crippen LogP contribution in [0.5, 0.6) is 0 Å². The van der Waals surface area contributed by atoms with Gasteiger partial charge in [-0.15, -0.1) is 0 Å². The van der Waals surface area contributed by atoms with E-state index in [9.17, 15) is 9.59 Å². The Bertz CT molecular complexity index is 466. The van der Waals surface area contributed by atoms with Crippen LogP contribution in [0.4, 0.5) is 0 Å². The molecule has 25 heavy (non-hydrogen) atoms. The first-order chi connectivity index (χ1) is 12.0. The third-order valence-electron chi connectivity index (χ3n) is 6.09. The number of likely N-dealkylation sites (N-methyl/N-ethyl adjacent to an activating group) is 1. The second kappa shape index (κ2) is 8.49. The summed E-state index contributed by atoms with van der Waals surface area (Å²) in [5.74, 6) is 0.406. The molecule has 3 aliphatic rings. The number of nitrogens with zero attached hydrogens (tertiary/aromatic N) is 3. The topological polar surface area (TPSA) is 55.9 Å². The fraction of sp³-hybridized carbons (Fsp3) is 0.895. The molecule has 1 atom stereocenters. The van der Waals surface area contributed by atoms with E-state index in [1.165, 1.54) is 19.3 Å². The maximum atomic E-state index is 12.8. The van der Waals surface area contributed by atoms with Gasteiger partial charge in [0.15, 0.2) is 0 Å². The number of piperazine rings is 1. The number of nitrogens with one attached hydrogen (secondary N) is 1. The summed E-state index contributed by atoms with van der Waals surface area (Å²) >= 11 is 0. The van der Waals surface area contributed by atoms with Crippen molar-refractivity contribution >= 4 is 11.8 Å². The van der Waals surface area contributed by atoms with Gasteiger partial charge in [0, 0.05) is 45.3 Å². The van der Waals surface area contributed by atoms with Crippen LogP contribution in [0, 0.1) is 0 Å². The molecule has 1 saturated heterocycles. The monoisotopic (exact) mass is 350 g/mol. The van der Waals surface area contributed by atoms with Crippen LogP contribution in [0.1, 0.15) is 51.9 Å². The minimum Gasteiger partial charge on any atom is -0.352 e. The van der Waals surface area contributed by atoms with Crippen molar-refractivity contribution in [3.05, 3.63) is 0 Å². The van der Waals surface area contributed by atoms with E-state index in [1.807, 2.05) is 18.9 Å². The van der Waals surface area contributed by atoms with Gasteiger partial charge >= 0.3 is 0 Å². The Kier molecular flexibility index (Phi) is 6.34. The molecule has 0 spiro atoms. The van der Waals surface area contributed by atoms with Gasteiger partial charge in [-0.05, 0) is 32.6 Å². The van der Waals surface area contributed by atoms with Gasteiger partial charge in [0.1, 0.15) is 0 Å². The lowest BCUT2D eigenvalue weighted by Gasteiger charge is -2.40. The highest BCUT2D eigenvalue weighted by Crippen LogP contribution is 2.23. The highest BCUT2D eigenvalue weighted by atomic mass is 16.2. The van der Waals surface area contributed by atoms with Gasteiger partial charge in [-0.3, -0.25) is 19.4 Å². The lowest BCUT2D eigenvalue weighted by atomic mass is 9.94. The summed E-state index contributed by atoms with van der Waals surface area (Å²) in [6.45, 7) is 5.99. The van der Waals surface area contributed by atoms with Crippen molar-refractivity contribution in [1.29, 1.82) is 0 Å². The van der Waals surface area contributed by atoms with Crippen molar-refractivity contribution < 1.29 is 9.59 Å². The molecule has 1 unspecified atom stereocenters.